The summed E-state index contributed by atoms with van der Waals surface area (Å²) in [6, 6.07) is 15.9. The molecule has 2 aromatic carbocycles. The maximum absolute atomic E-state index is 12.8. The second-order valence-electron chi connectivity index (χ2n) is 8.35. The number of phosphoric ester groups is 1. The van der Waals surface area contributed by atoms with Crippen LogP contribution in [-0.4, -0.2) is 56.7 Å². The smallest absolute Gasteiger partial charge is 0.387 e. The summed E-state index contributed by atoms with van der Waals surface area (Å²) in [6.07, 6.45) is -3.94. The second-order valence-corrected chi connectivity index (χ2v) is 10.3. The second kappa shape index (κ2) is 9.20. The lowest BCUT2D eigenvalue weighted by molar-refractivity contribution is -0.0548. The van der Waals surface area contributed by atoms with Crippen molar-refractivity contribution in [3.8, 4) is 11.1 Å². The van der Waals surface area contributed by atoms with Crippen LogP contribution in [0, 0.1) is 4.64 Å². The van der Waals surface area contributed by atoms with Gasteiger partial charge in [-0.15, -0.1) is 0 Å². The molecule has 12 heteroatoms. The topological polar surface area (TPSA) is 143 Å². The number of nitrogens with zero attached hydrogens (tertiary/aromatic N) is 1. The standard InChI is InChI=1S/C23H23N2O8PS/c1-31-34(29,30)32-11-17-19(26)20(27)22(33-17)25-10-16(21(35)24-23(25)28)18-14-8-4-2-6-12(14)13-7-3-5-9-15(13)18/h2-10,17-20,22,26-27H,11H2,1H3,(H,29,30)(H,24,28,35)/t17-,19-,20-,22-/m1/s1. The number of fused-ring (bicyclic) bond motifs is 3. The number of aromatic nitrogens is 2. The third-order valence-corrected chi connectivity index (χ3v) is 7.66. The van der Waals surface area contributed by atoms with E-state index in [2.05, 4.69) is 9.51 Å². The summed E-state index contributed by atoms with van der Waals surface area (Å²) in [6.45, 7) is -0.538. The zero-order chi connectivity index (χ0) is 24.9. The summed E-state index contributed by atoms with van der Waals surface area (Å²) in [5, 5.41) is 21.1. The highest BCUT2D eigenvalue weighted by Gasteiger charge is 2.45. The van der Waals surface area contributed by atoms with Crippen LogP contribution >= 0.6 is 20.0 Å². The molecule has 3 aromatic rings. The molecule has 2 heterocycles. The van der Waals surface area contributed by atoms with E-state index < -0.39 is 44.7 Å². The summed E-state index contributed by atoms with van der Waals surface area (Å²) in [4.78, 5) is 24.9. The highest BCUT2D eigenvalue weighted by atomic mass is 32.1. The number of benzene rings is 2. The first-order chi connectivity index (χ1) is 16.7. The van der Waals surface area contributed by atoms with Crippen LogP contribution in [0.5, 0.6) is 0 Å². The number of nitrogens with one attached hydrogen (secondary N) is 1. The van der Waals surface area contributed by atoms with Crippen LogP contribution in [0.4, 0.5) is 0 Å². The molecule has 0 bridgehead atoms. The number of aliphatic hydroxyl groups excluding tert-OH is 2. The largest absolute Gasteiger partial charge is 0.472 e. The molecule has 0 spiro atoms. The number of hydrogen-bond donors (Lipinski definition) is 4. The number of aliphatic hydroxyl groups is 2. The van der Waals surface area contributed by atoms with Gasteiger partial charge in [-0.3, -0.25) is 18.6 Å². The number of ether oxygens (including phenoxy) is 1. The fourth-order valence-corrected chi connectivity index (χ4v) is 5.40. The molecule has 1 aliphatic heterocycles. The minimum Gasteiger partial charge on any atom is -0.387 e. The molecule has 5 atom stereocenters. The lowest BCUT2D eigenvalue weighted by atomic mass is 9.91. The van der Waals surface area contributed by atoms with Crippen LogP contribution in [0.25, 0.3) is 11.1 Å². The maximum Gasteiger partial charge on any atom is 0.472 e. The van der Waals surface area contributed by atoms with Gasteiger partial charge in [0.25, 0.3) is 0 Å². The van der Waals surface area contributed by atoms with Gasteiger partial charge in [-0.05, 0) is 22.3 Å². The van der Waals surface area contributed by atoms with E-state index in [1.54, 1.807) is 0 Å². The van der Waals surface area contributed by atoms with Gasteiger partial charge in [-0.1, -0.05) is 60.7 Å². The summed E-state index contributed by atoms with van der Waals surface area (Å²) >= 11 is 5.53. The molecule has 2 aliphatic rings. The summed E-state index contributed by atoms with van der Waals surface area (Å²) in [5.74, 6) is -0.262. The van der Waals surface area contributed by atoms with Crippen LogP contribution in [-0.2, 0) is 18.3 Å². The number of aromatic amines is 1. The number of rotatable bonds is 6. The summed E-state index contributed by atoms with van der Waals surface area (Å²) in [5.41, 5.74) is 4.17. The minimum absolute atomic E-state index is 0.247. The van der Waals surface area contributed by atoms with Crippen LogP contribution in [0.2, 0.25) is 0 Å². The average molecular weight is 518 g/mol. The van der Waals surface area contributed by atoms with Gasteiger partial charge in [0.15, 0.2) is 6.23 Å². The Morgan fingerprint density at radius 3 is 2.26 bits per heavy atom. The maximum atomic E-state index is 12.8. The van der Waals surface area contributed by atoms with Crippen molar-refractivity contribution in [1.29, 1.82) is 0 Å². The summed E-state index contributed by atoms with van der Waals surface area (Å²) in [7, 11) is -3.33. The number of H-pyrrole nitrogens is 1. The zero-order valence-corrected chi connectivity index (χ0v) is 20.2. The molecule has 1 aliphatic carbocycles. The van der Waals surface area contributed by atoms with Crippen molar-refractivity contribution in [2.24, 2.45) is 0 Å². The molecule has 0 radical (unpaired) electrons. The molecule has 5 rings (SSSR count). The molecule has 1 aromatic heterocycles. The van der Waals surface area contributed by atoms with E-state index in [1.165, 1.54) is 6.20 Å². The molecular formula is C23H23N2O8PS. The molecule has 10 nitrogen and oxygen atoms in total. The van der Waals surface area contributed by atoms with Crippen LogP contribution in [0.3, 0.4) is 0 Å². The van der Waals surface area contributed by atoms with Crippen molar-refractivity contribution >= 4 is 20.0 Å². The van der Waals surface area contributed by atoms with Crippen molar-refractivity contribution in [2.75, 3.05) is 13.7 Å². The number of phosphoric acid groups is 1. The van der Waals surface area contributed by atoms with E-state index in [9.17, 15) is 24.5 Å². The van der Waals surface area contributed by atoms with Gasteiger partial charge in [0, 0.05) is 24.8 Å². The molecule has 1 unspecified atom stereocenters. The Morgan fingerprint density at radius 2 is 1.66 bits per heavy atom. The van der Waals surface area contributed by atoms with Gasteiger partial charge in [0.05, 0.1) is 6.61 Å². The predicted octanol–water partition coefficient (Wildman–Crippen LogP) is 2.45. The SMILES string of the molecule is COP(=O)(O)OC[C@H]1O[C@@H](n2cc(C3c4ccccc4-c4ccccc43)c(=S)[nH]c2=O)[C@H](O)[C@@H]1O. The van der Waals surface area contributed by atoms with E-state index in [-0.39, 0.29) is 10.6 Å². The Bertz CT molecular complexity index is 1390. The van der Waals surface area contributed by atoms with E-state index in [0.717, 1.165) is 33.9 Å². The lowest BCUT2D eigenvalue weighted by Crippen LogP contribution is -2.36. The number of hydrogen-bond acceptors (Lipinski definition) is 8. The highest BCUT2D eigenvalue weighted by molar-refractivity contribution is 7.71. The fourth-order valence-electron chi connectivity index (χ4n) is 4.70. The first-order valence-corrected chi connectivity index (χ1v) is 12.7. The van der Waals surface area contributed by atoms with Crippen molar-refractivity contribution in [1.82, 2.24) is 9.55 Å². The molecule has 0 amide bonds. The van der Waals surface area contributed by atoms with Crippen molar-refractivity contribution in [3.05, 3.63) is 86.5 Å². The van der Waals surface area contributed by atoms with E-state index >= 15 is 0 Å². The molecule has 35 heavy (non-hydrogen) atoms. The third kappa shape index (κ3) is 4.24. The Morgan fingerprint density at radius 1 is 1.06 bits per heavy atom. The van der Waals surface area contributed by atoms with Gasteiger partial charge in [-0.2, -0.15) is 0 Å². The van der Waals surface area contributed by atoms with Crippen molar-refractivity contribution < 1.29 is 33.5 Å². The molecule has 184 valence electrons. The van der Waals surface area contributed by atoms with Crippen molar-refractivity contribution in [3.63, 3.8) is 0 Å². The van der Waals surface area contributed by atoms with E-state index in [0.29, 0.717) is 5.56 Å². The summed E-state index contributed by atoms with van der Waals surface area (Å²) < 4.78 is 27.8. The van der Waals surface area contributed by atoms with Gasteiger partial charge in [-0.25, -0.2) is 9.36 Å². The van der Waals surface area contributed by atoms with Gasteiger partial charge < -0.3 is 19.8 Å². The first kappa shape index (κ1) is 24.2. The molecule has 4 N–H and O–H groups in total. The zero-order valence-electron chi connectivity index (χ0n) is 18.5. The van der Waals surface area contributed by atoms with E-state index in [1.807, 2.05) is 48.5 Å². The average Bonchev–Trinajstić information content (AvgIpc) is 3.33. The normalized spacial score (nSPS) is 25.3. The Kier molecular flexibility index (Phi) is 6.37. The first-order valence-electron chi connectivity index (χ1n) is 10.8. The lowest BCUT2D eigenvalue weighted by Gasteiger charge is -2.21. The Labute approximate surface area is 205 Å². The molecule has 0 saturated carbocycles. The van der Waals surface area contributed by atoms with Gasteiger partial charge in [0.2, 0.25) is 0 Å². The monoisotopic (exact) mass is 518 g/mol. The molecular weight excluding hydrogens is 495 g/mol. The quantitative estimate of drug-likeness (QED) is 0.224. The van der Waals surface area contributed by atoms with Gasteiger partial charge in [0.1, 0.15) is 23.0 Å². The van der Waals surface area contributed by atoms with Crippen LogP contribution in [0.1, 0.15) is 28.8 Å². The molecule has 1 saturated heterocycles. The molecule has 1 fully saturated rings. The minimum atomic E-state index is -4.33. The van der Waals surface area contributed by atoms with Crippen LogP contribution in [0.15, 0.2) is 59.5 Å². The van der Waals surface area contributed by atoms with E-state index in [4.69, 9.17) is 21.5 Å². The van der Waals surface area contributed by atoms with Crippen molar-refractivity contribution in [2.45, 2.75) is 30.5 Å². The van der Waals surface area contributed by atoms with Crippen LogP contribution < -0.4 is 5.69 Å². The predicted molar refractivity (Wildman–Crippen MR) is 127 cm³/mol. The highest BCUT2D eigenvalue weighted by Crippen LogP contribution is 2.48. The fraction of sp³-hybridized carbons (Fsp3) is 0.304. The third-order valence-electron chi connectivity index (χ3n) is 6.38. The van der Waals surface area contributed by atoms with Gasteiger partial charge >= 0.3 is 13.5 Å². The Balaban J connectivity index is 1.53. The Hall–Kier alpha value is -2.47.